The third-order valence-corrected chi connectivity index (χ3v) is 7.91. The smallest absolute Gasteiger partial charge is 0.342 e. The van der Waals surface area contributed by atoms with Gasteiger partial charge in [-0.1, -0.05) is 40.6 Å². The summed E-state index contributed by atoms with van der Waals surface area (Å²) in [6.45, 7) is 4.35. The van der Waals surface area contributed by atoms with Crippen LogP contribution in [0.3, 0.4) is 0 Å². The van der Waals surface area contributed by atoms with Crippen LogP contribution < -0.4 is 14.8 Å². The van der Waals surface area contributed by atoms with Crippen molar-refractivity contribution in [2.24, 2.45) is 0 Å². The molecule has 0 atom stereocenters. The molecule has 1 aliphatic heterocycles. The molecule has 1 aromatic heterocycles. The second kappa shape index (κ2) is 10.4. The summed E-state index contributed by atoms with van der Waals surface area (Å²) in [5.41, 5.74) is 0.587. The maximum Gasteiger partial charge on any atom is 0.342 e. The van der Waals surface area contributed by atoms with Gasteiger partial charge in [0.05, 0.1) is 33.5 Å². The number of aromatic nitrogens is 1. The molecule has 13 heteroatoms. The molecule has 176 valence electrons. The van der Waals surface area contributed by atoms with E-state index in [4.69, 9.17) is 32.1 Å². The number of halogens is 2. The molecule has 0 bridgehead atoms. The van der Waals surface area contributed by atoms with Crippen LogP contribution in [0.15, 0.2) is 41.3 Å². The molecule has 2 heterocycles. The maximum absolute atomic E-state index is 12.7. The van der Waals surface area contributed by atoms with Gasteiger partial charge in [-0.3, -0.25) is 10.2 Å². The predicted octanol–water partition coefficient (Wildman–Crippen LogP) is 3.82. The van der Waals surface area contributed by atoms with Crippen LogP contribution in [0.25, 0.3) is 10.2 Å². The minimum atomic E-state index is -4.25. The lowest BCUT2D eigenvalue weighted by molar-refractivity contribution is 0.0388. The fourth-order valence-electron chi connectivity index (χ4n) is 3.19. The molecule has 2 amide bonds. The van der Waals surface area contributed by atoms with Gasteiger partial charge in [-0.15, -0.1) is 0 Å². The lowest BCUT2D eigenvalue weighted by Gasteiger charge is -2.26. The van der Waals surface area contributed by atoms with E-state index in [0.29, 0.717) is 35.1 Å². The van der Waals surface area contributed by atoms with Crippen LogP contribution >= 0.6 is 34.5 Å². The molecule has 3 aromatic rings. The number of benzene rings is 2. The van der Waals surface area contributed by atoms with Crippen molar-refractivity contribution in [2.45, 2.75) is 4.90 Å². The number of carbonyl (C=O) groups excluding carboxylic acids is 1. The van der Waals surface area contributed by atoms with Crippen LogP contribution in [0.4, 0.5) is 9.93 Å². The van der Waals surface area contributed by atoms with Crippen molar-refractivity contribution in [3.05, 3.63) is 46.4 Å². The summed E-state index contributed by atoms with van der Waals surface area (Å²) >= 11 is 13.2. The van der Waals surface area contributed by atoms with Crippen LogP contribution in [0.2, 0.25) is 10.0 Å². The second-order valence-electron chi connectivity index (χ2n) is 7.07. The number of nitrogens with zero attached hydrogens (tertiary/aromatic N) is 2. The molecule has 2 N–H and O–H groups in total. The van der Waals surface area contributed by atoms with E-state index in [1.54, 1.807) is 12.1 Å². The zero-order valence-electron chi connectivity index (χ0n) is 17.2. The Bertz CT molecular complexity index is 1240. The fourth-order valence-corrected chi connectivity index (χ4v) is 6.10. The first-order valence-corrected chi connectivity index (χ1v) is 12.9. The van der Waals surface area contributed by atoms with Crippen LogP contribution in [0, 0.1) is 0 Å². The van der Waals surface area contributed by atoms with Crippen LogP contribution in [-0.4, -0.2) is 63.7 Å². The zero-order chi connectivity index (χ0) is 23.4. The molecule has 0 aliphatic carbocycles. The summed E-state index contributed by atoms with van der Waals surface area (Å²) < 4.78 is 36.5. The monoisotopic (exact) mass is 530 g/mol. The summed E-state index contributed by atoms with van der Waals surface area (Å²) in [6, 6.07) is 8.61. The number of thiazole rings is 1. The van der Waals surface area contributed by atoms with E-state index in [9.17, 15) is 13.2 Å². The van der Waals surface area contributed by atoms with Crippen molar-refractivity contribution >= 4 is 66.0 Å². The van der Waals surface area contributed by atoms with E-state index in [0.717, 1.165) is 19.6 Å². The van der Waals surface area contributed by atoms with E-state index in [1.807, 2.05) is 0 Å². The average molecular weight is 531 g/mol. The van der Waals surface area contributed by atoms with Gasteiger partial charge in [0.1, 0.15) is 10.6 Å². The Morgan fingerprint density at radius 2 is 1.91 bits per heavy atom. The Morgan fingerprint density at radius 1 is 1.18 bits per heavy atom. The summed E-state index contributed by atoms with van der Waals surface area (Å²) in [7, 11) is -4.25. The van der Waals surface area contributed by atoms with E-state index >= 15 is 0 Å². The van der Waals surface area contributed by atoms with E-state index in [1.165, 1.54) is 35.6 Å². The number of carbonyl (C=O) groups is 1. The summed E-state index contributed by atoms with van der Waals surface area (Å²) in [5.74, 6) is 0.0728. The average Bonchev–Trinajstić information content (AvgIpc) is 3.15. The number of morpholine rings is 1. The van der Waals surface area contributed by atoms with Crippen molar-refractivity contribution in [1.29, 1.82) is 0 Å². The van der Waals surface area contributed by atoms with Crippen molar-refractivity contribution < 1.29 is 22.1 Å². The number of ether oxygens (including phenoxy) is 1. The molecule has 1 aliphatic rings. The first-order valence-electron chi connectivity index (χ1n) is 9.96. The number of hydrogen-bond donors (Lipinski definition) is 2. The number of urea groups is 1. The molecule has 1 fully saturated rings. The molecule has 9 nitrogen and oxygen atoms in total. The van der Waals surface area contributed by atoms with Crippen molar-refractivity contribution in [1.82, 2.24) is 15.2 Å². The zero-order valence-corrected chi connectivity index (χ0v) is 20.4. The van der Waals surface area contributed by atoms with E-state index in [2.05, 4.69) is 20.5 Å². The van der Waals surface area contributed by atoms with Gasteiger partial charge in [0, 0.05) is 32.2 Å². The van der Waals surface area contributed by atoms with Crippen molar-refractivity contribution in [3.8, 4) is 5.75 Å². The predicted molar refractivity (Wildman–Crippen MR) is 128 cm³/mol. The number of fused-ring (bicyclic) bond motifs is 1. The lowest BCUT2D eigenvalue weighted by atomic mass is 10.3. The lowest BCUT2D eigenvalue weighted by Crippen LogP contribution is -2.42. The molecule has 4 rings (SSSR count). The van der Waals surface area contributed by atoms with E-state index < -0.39 is 10.1 Å². The highest BCUT2D eigenvalue weighted by Gasteiger charge is 2.24. The largest absolute Gasteiger partial charge is 0.379 e. The Hall–Kier alpha value is -2.15. The third kappa shape index (κ3) is 6.05. The van der Waals surface area contributed by atoms with Gasteiger partial charge >= 0.3 is 16.1 Å². The van der Waals surface area contributed by atoms with Gasteiger partial charge in [0.15, 0.2) is 5.13 Å². The summed E-state index contributed by atoms with van der Waals surface area (Å²) in [4.78, 5) is 18.4. The normalized spacial score (nSPS) is 14.8. The van der Waals surface area contributed by atoms with Gasteiger partial charge in [-0.25, -0.2) is 9.78 Å². The molecular formula is C20H20Cl2N4O5S2. The summed E-state index contributed by atoms with van der Waals surface area (Å²) in [5, 5.41) is 5.81. The van der Waals surface area contributed by atoms with E-state index in [-0.39, 0.29) is 26.7 Å². The number of nitrogens with one attached hydrogen (secondary N) is 2. The maximum atomic E-state index is 12.7. The molecule has 1 saturated heterocycles. The highest BCUT2D eigenvalue weighted by atomic mass is 35.5. The van der Waals surface area contributed by atoms with Gasteiger partial charge in [0.25, 0.3) is 0 Å². The molecule has 0 unspecified atom stereocenters. The highest BCUT2D eigenvalue weighted by Crippen LogP contribution is 2.33. The number of rotatable bonds is 7. The summed E-state index contributed by atoms with van der Waals surface area (Å²) in [6.07, 6.45) is 0. The molecule has 2 aromatic carbocycles. The quantitative estimate of drug-likeness (QED) is 0.446. The number of anilines is 1. The Morgan fingerprint density at radius 3 is 2.64 bits per heavy atom. The van der Waals surface area contributed by atoms with Gasteiger partial charge in [0.2, 0.25) is 0 Å². The Balaban J connectivity index is 1.39. The molecule has 0 radical (unpaired) electrons. The molecule has 33 heavy (non-hydrogen) atoms. The minimum Gasteiger partial charge on any atom is -0.379 e. The topological polar surface area (TPSA) is 110 Å². The molecule has 0 spiro atoms. The molecule has 0 saturated carbocycles. The number of amides is 2. The Kier molecular flexibility index (Phi) is 7.57. The third-order valence-electron chi connectivity index (χ3n) is 4.77. The first-order chi connectivity index (χ1) is 15.8. The van der Waals surface area contributed by atoms with Crippen LogP contribution in [0.1, 0.15) is 0 Å². The minimum absolute atomic E-state index is 0.0347. The number of hydrogen-bond acceptors (Lipinski definition) is 8. The van der Waals surface area contributed by atoms with Crippen LogP contribution in [-0.2, 0) is 14.9 Å². The fraction of sp³-hybridized carbons (Fsp3) is 0.300. The van der Waals surface area contributed by atoms with Gasteiger partial charge < -0.3 is 14.2 Å². The second-order valence-corrected chi connectivity index (χ2v) is 10.4. The standard InChI is InChI=1S/C20H20Cl2N4O5S2/c21-14-2-1-3-15(22)18(14)33(28,29)31-13-4-5-16-17(12-13)32-20(24-16)25-19(27)23-6-7-26-8-10-30-11-9-26/h1-5,12H,6-11H2,(H2,23,24,25,27). The van der Waals surface area contributed by atoms with Gasteiger partial charge in [-0.05, 0) is 24.3 Å². The first kappa shape index (κ1) is 24.0. The molecular weight excluding hydrogens is 511 g/mol. The highest BCUT2D eigenvalue weighted by molar-refractivity contribution is 7.87. The SMILES string of the molecule is O=C(NCCN1CCOCC1)Nc1nc2ccc(OS(=O)(=O)c3c(Cl)cccc3Cl)cc2s1. The Labute approximate surface area is 204 Å². The van der Waals surface area contributed by atoms with Crippen LogP contribution in [0.5, 0.6) is 5.75 Å². The van der Waals surface area contributed by atoms with Gasteiger partial charge in [-0.2, -0.15) is 8.42 Å². The van der Waals surface area contributed by atoms with Crippen molar-refractivity contribution in [3.63, 3.8) is 0 Å². The van der Waals surface area contributed by atoms with Crippen molar-refractivity contribution in [2.75, 3.05) is 44.7 Å².